The molecule has 0 aliphatic carbocycles. The molecule has 3 aromatic heterocycles. The number of anilines is 3. The second-order valence-electron chi connectivity index (χ2n) is 7.29. The Morgan fingerprint density at radius 1 is 1.38 bits per heavy atom. The highest BCUT2D eigenvalue weighted by molar-refractivity contribution is 6.06. The van der Waals surface area contributed by atoms with Gasteiger partial charge in [0.15, 0.2) is 11.5 Å². The summed E-state index contributed by atoms with van der Waals surface area (Å²) in [6.07, 6.45) is -1.40. The van der Waals surface area contributed by atoms with Crippen molar-refractivity contribution in [2.24, 2.45) is 7.05 Å². The van der Waals surface area contributed by atoms with Gasteiger partial charge < -0.3 is 25.6 Å². The van der Waals surface area contributed by atoms with Crippen molar-refractivity contribution >= 4 is 29.1 Å². The van der Waals surface area contributed by atoms with Crippen molar-refractivity contribution in [3.8, 4) is 11.5 Å². The number of nitrogens with zero attached hydrogens (tertiary/aromatic N) is 5. The quantitative estimate of drug-likeness (QED) is 0.466. The predicted molar refractivity (Wildman–Crippen MR) is 112 cm³/mol. The summed E-state index contributed by atoms with van der Waals surface area (Å²) in [5.41, 5.74) is 0.443. The van der Waals surface area contributed by atoms with Gasteiger partial charge in [-0.1, -0.05) is 0 Å². The number of pyridine rings is 1. The van der Waals surface area contributed by atoms with Crippen LogP contribution in [0, 0.1) is 0 Å². The molecule has 1 aliphatic heterocycles. The van der Waals surface area contributed by atoms with Crippen LogP contribution in [0.3, 0.4) is 0 Å². The van der Waals surface area contributed by atoms with Crippen LogP contribution in [0.4, 0.5) is 30.5 Å². The molecule has 4 rings (SSSR count). The molecule has 1 fully saturated rings. The van der Waals surface area contributed by atoms with Gasteiger partial charge in [-0.15, -0.1) is 0 Å². The number of nitrogens with one attached hydrogen (secondary N) is 2. The number of alkyl halides is 3. The first kappa shape index (κ1) is 24.7. The zero-order chi connectivity index (χ0) is 23.8. The molecule has 15 heteroatoms. The molecule has 1 atom stereocenters. The van der Waals surface area contributed by atoms with E-state index in [4.69, 9.17) is 4.42 Å². The Hall–Kier alpha value is -3.98. The molecule has 0 unspecified atom stereocenters. The number of hydrogen-bond acceptors (Lipinski definition) is 8. The fourth-order valence-corrected chi connectivity index (χ4v) is 3.21. The van der Waals surface area contributed by atoms with Gasteiger partial charge in [0.2, 0.25) is 11.8 Å². The van der Waals surface area contributed by atoms with Crippen molar-refractivity contribution in [3.63, 3.8) is 0 Å². The minimum Gasteiger partial charge on any atom is -0.444 e. The molecule has 4 heterocycles. The number of carbonyl (C=O) groups is 2. The van der Waals surface area contributed by atoms with Crippen molar-refractivity contribution in [3.05, 3.63) is 36.5 Å². The molecule has 0 bridgehead atoms. The number of amides is 2. The molecule has 182 valence electrons. The Labute approximate surface area is 189 Å². The van der Waals surface area contributed by atoms with Gasteiger partial charge in [-0.25, -0.2) is 9.97 Å². The Kier molecular flexibility index (Phi) is 6.88. The molecule has 3 aromatic rings. The maximum atomic E-state index is 12.7. The Balaban J connectivity index is 0.00000324. The zero-order valence-corrected chi connectivity index (χ0v) is 17.6. The number of aromatic nitrogens is 4. The summed E-state index contributed by atoms with van der Waals surface area (Å²) < 4.78 is 43.9. The van der Waals surface area contributed by atoms with Crippen LogP contribution >= 0.6 is 0 Å². The lowest BCUT2D eigenvalue weighted by Gasteiger charge is -2.14. The molecule has 1 saturated heterocycles. The van der Waals surface area contributed by atoms with Gasteiger partial charge in [0.05, 0.1) is 25.3 Å². The number of aryl methyl sites for hydroxylation is 1. The molecule has 0 spiro atoms. The number of carbonyl (C=O) groups excluding carboxylic acids is 2. The van der Waals surface area contributed by atoms with E-state index in [-0.39, 0.29) is 53.3 Å². The van der Waals surface area contributed by atoms with E-state index in [1.165, 1.54) is 34.1 Å². The first-order valence-corrected chi connectivity index (χ1v) is 9.65. The second kappa shape index (κ2) is 9.48. The van der Waals surface area contributed by atoms with E-state index in [2.05, 4.69) is 25.7 Å². The van der Waals surface area contributed by atoms with E-state index in [0.29, 0.717) is 5.56 Å². The largest absolute Gasteiger partial charge is 0.444 e. The summed E-state index contributed by atoms with van der Waals surface area (Å²) >= 11 is 0. The van der Waals surface area contributed by atoms with Gasteiger partial charge in [0.1, 0.15) is 24.3 Å². The standard InChI is InChI=1S/C19H18F3N7O4.H2O/c1-28-7-12(16(27-28)29-6-11(30)5-15(29)31)25-17(32)13-8-33-18(26-13)10-2-3-23-14(4-10)24-9-19(20,21)22;/h2-4,7-8,11,30H,5-6,9H2,1H3,(H,23,24)(H,25,32);1H2/t11-;/m0./s1. The summed E-state index contributed by atoms with van der Waals surface area (Å²) in [4.78, 5) is 34.0. The second-order valence-corrected chi connectivity index (χ2v) is 7.29. The summed E-state index contributed by atoms with van der Waals surface area (Å²) in [5.74, 6) is -0.831. The molecule has 0 saturated carbocycles. The highest BCUT2D eigenvalue weighted by Crippen LogP contribution is 2.29. The third-order valence-electron chi connectivity index (χ3n) is 4.63. The van der Waals surface area contributed by atoms with E-state index in [1.807, 2.05) is 0 Å². The van der Waals surface area contributed by atoms with Crippen molar-refractivity contribution in [2.45, 2.75) is 18.7 Å². The molecule has 2 amide bonds. The first-order chi connectivity index (χ1) is 15.6. The van der Waals surface area contributed by atoms with Gasteiger partial charge in [-0.2, -0.15) is 18.3 Å². The van der Waals surface area contributed by atoms with Crippen molar-refractivity contribution in [1.82, 2.24) is 19.7 Å². The Bertz CT molecular complexity index is 1190. The van der Waals surface area contributed by atoms with Crippen LogP contribution in [-0.4, -0.2) is 67.5 Å². The first-order valence-electron chi connectivity index (χ1n) is 9.65. The van der Waals surface area contributed by atoms with Gasteiger partial charge in [0, 0.05) is 18.8 Å². The van der Waals surface area contributed by atoms with E-state index in [1.54, 1.807) is 7.05 Å². The summed E-state index contributed by atoms with van der Waals surface area (Å²) in [5, 5.41) is 18.7. The highest BCUT2D eigenvalue weighted by atomic mass is 19.4. The molecule has 34 heavy (non-hydrogen) atoms. The van der Waals surface area contributed by atoms with Crippen molar-refractivity contribution in [1.29, 1.82) is 0 Å². The normalized spacial score (nSPS) is 15.9. The lowest BCUT2D eigenvalue weighted by atomic mass is 10.2. The number of aliphatic hydroxyl groups is 1. The van der Waals surface area contributed by atoms with Crippen LogP contribution in [0.1, 0.15) is 16.9 Å². The lowest BCUT2D eigenvalue weighted by Crippen LogP contribution is -2.27. The molecule has 1 aliphatic rings. The SMILES string of the molecule is Cn1cc(NC(=O)c2coc(-c3ccnc(NCC(F)(F)F)c3)n2)c(N2C[C@@H](O)CC2=O)n1.O. The minimum absolute atomic E-state index is 0. The average molecular weight is 483 g/mol. The van der Waals surface area contributed by atoms with Crippen molar-refractivity contribution in [2.75, 3.05) is 28.6 Å². The molecule has 12 nitrogen and oxygen atoms in total. The van der Waals surface area contributed by atoms with Crippen molar-refractivity contribution < 1.29 is 37.8 Å². The molecular formula is C19H20F3N7O5. The monoisotopic (exact) mass is 483 g/mol. The fourth-order valence-electron chi connectivity index (χ4n) is 3.21. The summed E-state index contributed by atoms with van der Waals surface area (Å²) in [7, 11) is 1.61. The van der Waals surface area contributed by atoms with Crippen LogP contribution in [0.5, 0.6) is 0 Å². The number of halogens is 3. The van der Waals surface area contributed by atoms with Gasteiger partial charge in [-0.3, -0.25) is 19.2 Å². The third kappa shape index (κ3) is 5.49. The van der Waals surface area contributed by atoms with Gasteiger partial charge in [-0.05, 0) is 12.1 Å². The summed E-state index contributed by atoms with van der Waals surface area (Å²) in [6, 6.07) is 2.78. The van der Waals surface area contributed by atoms with E-state index in [0.717, 1.165) is 6.26 Å². The number of aliphatic hydroxyl groups excluding tert-OH is 1. The fraction of sp³-hybridized carbons (Fsp3) is 0.316. The van der Waals surface area contributed by atoms with E-state index < -0.39 is 24.7 Å². The van der Waals surface area contributed by atoms with E-state index in [9.17, 15) is 27.9 Å². The predicted octanol–water partition coefficient (Wildman–Crippen LogP) is 0.969. The van der Waals surface area contributed by atoms with E-state index >= 15 is 0 Å². The Morgan fingerprint density at radius 2 is 2.15 bits per heavy atom. The van der Waals surface area contributed by atoms with Crippen LogP contribution in [0.25, 0.3) is 11.5 Å². The third-order valence-corrected chi connectivity index (χ3v) is 4.63. The maximum Gasteiger partial charge on any atom is 0.405 e. The maximum absolute atomic E-state index is 12.7. The summed E-state index contributed by atoms with van der Waals surface area (Å²) in [6.45, 7) is -1.20. The lowest BCUT2D eigenvalue weighted by molar-refractivity contribution is -0.117. The van der Waals surface area contributed by atoms with Crippen LogP contribution < -0.4 is 15.5 Å². The number of β-amino-alcohol motifs (C(OH)–C–C–N with tert-alkyl or cyclic N) is 1. The number of oxazole rings is 1. The minimum atomic E-state index is -4.41. The average Bonchev–Trinajstić information content (AvgIpc) is 3.45. The zero-order valence-electron chi connectivity index (χ0n) is 17.6. The smallest absolute Gasteiger partial charge is 0.405 e. The Morgan fingerprint density at radius 3 is 2.82 bits per heavy atom. The molecular weight excluding hydrogens is 463 g/mol. The molecule has 0 radical (unpaired) electrons. The highest BCUT2D eigenvalue weighted by Gasteiger charge is 2.33. The van der Waals surface area contributed by atoms with Crippen LogP contribution in [0.2, 0.25) is 0 Å². The van der Waals surface area contributed by atoms with Gasteiger partial charge in [0.25, 0.3) is 5.91 Å². The number of rotatable bonds is 6. The topological polar surface area (TPSA) is 170 Å². The van der Waals surface area contributed by atoms with Crippen LogP contribution in [0.15, 0.2) is 35.2 Å². The van der Waals surface area contributed by atoms with Gasteiger partial charge >= 0.3 is 6.18 Å². The molecule has 5 N–H and O–H groups in total. The molecule has 0 aromatic carbocycles. The van der Waals surface area contributed by atoms with Crippen LogP contribution in [-0.2, 0) is 11.8 Å². The number of hydrogen-bond donors (Lipinski definition) is 3.